The molecule has 2 rings (SSSR count). The van der Waals surface area contributed by atoms with Gasteiger partial charge < -0.3 is 9.42 Å². The van der Waals surface area contributed by atoms with E-state index in [1.54, 1.807) is 0 Å². The second-order valence-electron chi connectivity index (χ2n) is 3.51. The van der Waals surface area contributed by atoms with E-state index >= 15 is 0 Å². The van der Waals surface area contributed by atoms with Crippen molar-refractivity contribution in [3.63, 3.8) is 0 Å². The van der Waals surface area contributed by atoms with Crippen molar-refractivity contribution in [3.05, 3.63) is 11.3 Å². The van der Waals surface area contributed by atoms with Gasteiger partial charge in [-0.15, -0.1) is 0 Å². The molecule has 0 N–H and O–H groups in total. The lowest BCUT2D eigenvalue weighted by Gasteiger charge is -2.12. The molecule has 0 unspecified atom stereocenters. The molecule has 1 aromatic rings. The highest BCUT2D eigenvalue weighted by molar-refractivity contribution is 5.45. The Kier molecular flexibility index (Phi) is 1.79. The summed E-state index contributed by atoms with van der Waals surface area (Å²) in [4.78, 5) is 2.00. The third-order valence-electron chi connectivity index (χ3n) is 2.35. The molecular formula is C9H14N2O. The average molecular weight is 166 g/mol. The Morgan fingerprint density at radius 1 is 1.25 bits per heavy atom. The van der Waals surface area contributed by atoms with Crippen LogP contribution in [0.1, 0.15) is 24.1 Å². The molecule has 0 atom stereocenters. The van der Waals surface area contributed by atoms with Crippen LogP contribution in [0.2, 0.25) is 0 Å². The molecular weight excluding hydrogens is 152 g/mol. The Morgan fingerprint density at radius 3 is 2.75 bits per heavy atom. The lowest BCUT2D eigenvalue weighted by Crippen LogP contribution is -2.11. The molecule has 0 bridgehead atoms. The van der Waals surface area contributed by atoms with E-state index in [2.05, 4.69) is 5.16 Å². The van der Waals surface area contributed by atoms with Crippen molar-refractivity contribution in [1.29, 1.82) is 0 Å². The highest BCUT2D eigenvalue weighted by Crippen LogP contribution is 2.28. The van der Waals surface area contributed by atoms with Crippen LogP contribution in [0.3, 0.4) is 0 Å². The minimum Gasteiger partial charge on any atom is -0.347 e. The molecule has 66 valence electrons. The van der Waals surface area contributed by atoms with Crippen molar-refractivity contribution in [2.75, 3.05) is 19.0 Å². The van der Waals surface area contributed by atoms with Crippen LogP contribution >= 0.6 is 0 Å². The van der Waals surface area contributed by atoms with Crippen molar-refractivity contribution < 1.29 is 4.52 Å². The fraction of sp³-hybridized carbons (Fsp3) is 0.667. The van der Waals surface area contributed by atoms with Gasteiger partial charge in [0.15, 0.2) is 0 Å². The first kappa shape index (κ1) is 7.65. The zero-order chi connectivity index (χ0) is 8.55. The van der Waals surface area contributed by atoms with Gasteiger partial charge in [-0.25, -0.2) is 0 Å². The summed E-state index contributed by atoms with van der Waals surface area (Å²) >= 11 is 0. The summed E-state index contributed by atoms with van der Waals surface area (Å²) in [5.41, 5.74) is 2.50. The summed E-state index contributed by atoms with van der Waals surface area (Å²) in [5, 5.41) is 4.06. The van der Waals surface area contributed by atoms with Crippen LogP contribution in [0.5, 0.6) is 0 Å². The molecule has 1 aliphatic rings. The Morgan fingerprint density at radius 2 is 2.00 bits per heavy atom. The molecule has 12 heavy (non-hydrogen) atoms. The minimum absolute atomic E-state index is 0.949. The van der Waals surface area contributed by atoms with E-state index in [1.165, 1.54) is 24.1 Å². The number of aryl methyl sites for hydroxylation is 1. The molecule has 1 aliphatic carbocycles. The largest absolute Gasteiger partial charge is 0.347 e. The van der Waals surface area contributed by atoms with Crippen LogP contribution in [0.4, 0.5) is 5.88 Å². The molecule has 1 heterocycles. The molecule has 3 heteroatoms. The van der Waals surface area contributed by atoms with Gasteiger partial charge in [0, 0.05) is 19.7 Å². The number of fused-ring (bicyclic) bond motifs is 1. The van der Waals surface area contributed by atoms with E-state index in [-0.39, 0.29) is 0 Å². The SMILES string of the molecule is CN(C)c1onc2c1CCCC2. The Hall–Kier alpha value is -0.990. The van der Waals surface area contributed by atoms with Crippen LogP contribution in [0.25, 0.3) is 0 Å². The van der Waals surface area contributed by atoms with Gasteiger partial charge in [0.05, 0.1) is 5.69 Å². The summed E-state index contributed by atoms with van der Waals surface area (Å²) in [6, 6.07) is 0. The number of hydrogen-bond acceptors (Lipinski definition) is 3. The quantitative estimate of drug-likeness (QED) is 0.635. The first-order valence-corrected chi connectivity index (χ1v) is 4.44. The summed E-state index contributed by atoms with van der Waals surface area (Å²) in [6.07, 6.45) is 4.75. The summed E-state index contributed by atoms with van der Waals surface area (Å²) < 4.78 is 5.25. The van der Waals surface area contributed by atoms with E-state index in [4.69, 9.17) is 4.52 Å². The van der Waals surface area contributed by atoms with Gasteiger partial charge in [-0.05, 0) is 25.7 Å². The number of nitrogens with zero attached hydrogens (tertiary/aromatic N) is 2. The second kappa shape index (κ2) is 2.81. The highest BCUT2D eigenvalue weighted by Gasteiger charge is 2.19. The maximum Gasteiger partial charge on any atom is 0.230 e. The maximum absolute atomic E-state index is 5.25. The zero-order valence-electron chi connectivity index (χ0n) is 7.63. The van der Waals surface area contributed by atoms with Crippen molar-refractivity contribution in [1.82, 2.24) is 5.16 Å². The van der Waals surface area contributed by atoms with E-state index in [9.17, 15) is 0 Å². The minimum atomic E-state index is 0.949. The van der Waals surface area contributed by atoms with Gasteiger partial charge >= 0.3 is 0 Å². The van der Waals surface area contributed by atoms with Crippen LogP contribution < -0.4 is 4.90 Å². The normalized spacial score (nSPS) is 15.8. The molecule has 1 aromatic heterocycles. The van der Waals surface area contributed by atoms with E-state index < -0.39 is 0 Å². The number of anilines is 1. The van der Waals surface area contributed by atoms with Crippen molar-refractivity contribution in [3.8, 4) is 0 Å². The fourth-order valence-corrected chi connectivity index (χ4v) is 1.73. The van der Waals surface area contributed by atoms with Gasteiger partial charge in [-0.1, -0.05) is 5.16 Å². The lowest BCUT2D eigenvalue weighted by molar-refractivity contribution is 0.415. The summed E-state index contributed by atoms with van der Waals surface area (Å²) in [5.74, 6) is 0.949. The van der Waals surface area contributed by atoms with Crippen molar-refractivity contribution >= 4 is 5.88 Å². The zero-order valence-corrected chi connectivity index (χ0v) is 7.63. The molecule has 0 radical (unpaired) electrons. The second-order valence-corrected chi connectivity index (χ2v) is 3.51. The standard InChI is InChI=1S/C9H14N2O/c1-11(2)9-7-5-3-4-6-8(7)10-12-9/h3-6H2,1-2H3. The van der Waals surface area contributed by atoms with E-state index in [0.717, 1.165) is 18.7 Å². The first-order valence-electron chi connectivity index (χ1n) is 4.44. The molecule has 0 amide bonds. The third kappa shape index (κ3) is 1.09. The Labute approximate surface area is 72.3 Å². The van der Waals surface area contributed by atoms with E-state index in [1.807, 2.05) is 19.0 Å². The monoisotopic (exact) mass is 166 g/mol. The number of hydrogen-bond donors (Lipinski definition) is 0. The van der Waals surface area contributed by atoms with Gasteiger partial charge in [0.1, 0.15) is 0 Å². The Bertz CT molecular complexity index is 278. The molecule has 0 saturated carbocycles. The molecule has 0 aromatic carbocycles. The van der Waals surface area contributed by atoms with Crippen LogP contribution in [0.15, 0.2) is 4.52 Å². The smallest absolute Gasteiger partial charge is 0.230 e. The van der Waals surface area contributed by atoms with Crippen molar-refractivity contribution in [2.24, 2.45) is 0 Å². The topological polar surface area (TPSA) is 29.3 Å². The number of aromatic nitrogens is 1. The van der Waals surface area contributed by atoms with Gasteiger partial charge in [-0.2, -0.15) is 0 Å². The van der Waals surface area contributed by atoms with Gasteiger partial charge in [0.2, 0.25) is 5.88 Å². The lowest BCUT2D eigenvalue weighted by atomic mass is 9.97. The fourth-order valence-electron chi connectivity index (χ4n) is 1.73. The molecule has 0 saturated heterocycles. The van der Waals surface area contributed by atoms with Crippen LogP contribution in [-0.2, 0) is 12.8 Å². The Balaban J connectivity index is 2.38. The van der Waals surface area contributed by atoms with E-state index in [0.29, 0.717) is 0 Å². The number of rotatable bonds is 1. The first-order chi connectivity index (χ1) is 5.79. The van der Waals surface area contributed by atoms with Crippen LogP contribution in [0, 0.1) is 0 Å². The van der Waals surface area contributed by atoms with Gasteiger partial charge in [-0.3, -0.25) is 0 Å². The summed E-state index contributed by atoms with van der Waals surface area (Å²) in [7, 11) is 3.99. The predicted octanol–water partition coefficient (Wildman–Crippen LogP) is 1.62. The highest BCUT2D eigenvalue weighted by atomic mass is 16.5. The molecule has 3 nitrogen and oxygen atoms in total. The molecule has 0 aliphatic heterocycles. The van der Waals surface area contributed by atoms with Gasteiger partial charge in [0.25, 0.3) is 0 Å². The molecule has 0 fully saturated rings. The maximum atomic E-state index is 5.25. The molecule has 0 spiro atoms. The van der Waals surface area contributed by atoms with Crippen LogP contribution in [-0.4, -0.2) is 19.3 Å². The predicted molar refractivity (Wildman–Crippen MR) is 47.5 cm³/mol. The van der Waals surface area contributed by atoms with Crippen molar-refractivity contribution in [2.45, 2.75) is 25.7 Å². The average Bonchev–Trinajstić information content (AvgIpc) is 2.47. The third-order valence-corrected chi connectivity index (χ3v) is 2.35. The summed E-state index contributed by atoms with van der Waals surface area (Å²) in [6.45, 7) is 0.